The topological polar surface area (TPSA) is 164 Å². The van der Waals surface area contributed by atoms with Crippen molar-refractivity contribution in [3.63, 3.8) is 0 Å². The number of nitrogens with zero attached hydrogens (tertiary/aromatic N) is 6. The minimum absolute atomic E-state index is 0.0940. The molecular weight excluding hydrogens is 429 g/mol. The minimum Gasteiger partial charge on any atom is -0.452 e. The van der Waals surface area contributed by atoms with Crippen molar-refractivity contribution in [1.29, 1.82) is 0 Å². The number of hydrogen-bond donors (Lipinski definition) is 3. The van der Waals surface area contributed by atoms with Gasteiger partial charge in [-0.05, 0) is 24.3 Å². The first kappa shape index (κ1) is 21.6. The summed E-state index contributed by atoms with van der Waals surface area (Å²) in [6.07, 6.45) is 0.746. The van der Waals surface area contributed by atoms with E-state index in [2.05, 4.69) is 24.8 Å². The molecule has 4 rings (SSSR count). The predicted molar refractivity (Wildman–Crippen MR) is 120 cm³/mol. The van der Waals surface area contributed by atoms with Crippen molar-refractivity contribution in [2.24, 2.45) is 5.84 Å². The third-order valence-electron chi connectivity index (χ3n) is 4.76. The van der Waals surface area contributed by atoms with Crippen molar-refractivity contribution in [2.75, 3.05) is 23.6 Å². The van der Waals surface area contributed by atoms with Crippen molar-refractivity contribution in [3.8, 4) is 22.9 Å². The van der Waals surface area contributed by atoms with E-state index in [0.29, 0.717) is 27.7 Å². The molecule has 168 valence electrons. The number of pyridine rings is 1. The van der Waals surface area contributed by atoms with Crippen LogP contribution in [0, 0.1) is 5.82 Å². The Morgan fingerprint density at radius 3 is 2.42 bits per heavy atom. The molecule has 33 heavy (non-hydrogen) atoms. The van der Waals surface area contributed by atoms with E-state index in [-0.39, 0.29) is 35.5 Å². The average molecular weight is 449 g/mol. The van der Waals surface area contributed by atoms with Gasteiger partial charge >= 0.3 is 6.09 Å². The van der Waals surface area contributed by atoms with Gasteiger partial charge in [0, 0.05) is 11.8 Å². The van der Waals surface area contributed by atoms with Gasteiger partial charge in [-0.15, -0.1) is 0 Å². The fourth-order valence-corrected chi connectivity index (χ4v) is 3.20. The summed E-state index contributed by atoms with van der Waals surface area (Å²) >= 11 is 0. The van der Waals surface area contributed by atoms with Crippen molar-refractivity contribution < 1.29 is 13.9 Å². The summed E-state index contributed by atoms with van der Waals surface area (Å²) in [7, 11) is 1.16. The average Bonchev–Trinajstić information content (AvgIpc) is 3.24. The summed E-state index contributed by atoms with van der Waals surface area (Å²) in [5.41, 5.74) is 13.9. The van der Waals surface area contributed by atoms with Crippen molar-refractivity contribution in [3.05, 3.63) is 66.1 Å². The molecule has 12 heteroatoms. The van der Waals surface area contributed by atoms with Crippen LogP contribution in [-0.4, -0.2) is 37.9 Å². The molecule has 6 N–H and O–H groups in total. The summed E-state index contributed by atoms with van der Waals surface area (Å²) in [6, 6.07) is 13.5. The molecule has 0 bridgehead atoms. The van der Waals surface area contributed by atoms with E-state index < -0.39 is 6.09 Å². The van der Waals surface area contributed by atoms with Crippen LogP contribution in [0.25, 0.3) is 22.9 Å². The quantitative estimate of drug-likeness (QED) is 0.235. The van der Waals surface area contributed by atoms with E-state index in [9.17, 15) is 9.18 Å². The van der Waals surface area contributed by atoms with Crippen LogP contribution in [0.2, 0.25) is 0 Å². The first-order valence-corrected chi connectivity index (χ1v) is 9.67. The van der Waals surface area contributed by atoms with Gasteiger partial charge in [0.2, 0.25) is 0 Å². The third-order valence-corrected chi connectivity index (χ3v) is 4.76. The molecule has 0 saturated heterocycles. The summed E-state index contributed by atoms with van der Waals surface area (Å²) in [5.74, 6) is 5.14. The fraction of sp³-hybridized carbons (Fsp3) is 0.0952. The molecule has 11 nitrogen and oxygen atoms in total. The second kappa shape index (κ2) is 8.88. The number of hydrogen-bond acceptors (Lipinski definition) is 9. The second-order valence-corrected chi connectivity index (χ2v) is 6.89. The molecule has 0 radical (unpaired) electrons. The first-order valence-electron chi connectivity index (χ1n) is 9.67. The molecule has 1 aromatic carbocycles. The number of rotatable bonds is 5. The number of hydrazine groups is 1. The van der Waals surface area contributed by atoms with Gasteiger partial charge in [0.05, 0.1) is 25.0 Å². The largest absolute Gasteiger partial charge is 0.452 e. The molecule has 3 aromatic heterocycles. The molecule has 0 aliphatic rings. The van der Waals surface area contributed by atoms with Gasteiger partial charge in [-0.25, -0.2) is 30.0 Å². The van der Waals surface area contributed by atoms with E-state index in [1.165, 1.54) is 6.07 Å². The Kier molecular flexibility index (Phi) is 5.83. The maximum absolute atomic E-state index is 14.3. The van der Waals surface area contributed by atoms with Crippen LogP contribution < -0.4 is 22.3 Å². The highest BCUT2D eigenvalue weighted by Gasteiger charge is 2.23. The lowest BCUT2D eigenvalue weighted by atomic mass is 10.2. The van der Waals surface area contributed by atoms with Crippen LogP contribution in [0.3, 0.4) is 0 Å². The summed E-state index contributed by atoms with van der Waals surface area (Å²) < 4.78 is 20.4. The number of benzene rings is 1. The highest BCUT2D eigenvalue weighted by molar-refractivity contribution is 5.94. The molecule has 0 aliphatic heterocycles. The van der Waals surface area contributed by atoms with Crippen LogP contribution in [0.4, 0.5) is 26.5 Å². The fourth-order valence-electron chi connectivity index (χ4n) is 3.20. The number of nitrogen functional groups attached to an aromatic ring is 2. The van der Waals surface area contributed by atoms with Gasteiger partial charge in [-0.2, -0.15) is 5.10 Å². The zero-order valence-corrected chi connectivity index (χ0v) is 17.5. The molecule has 4 aromatic rings. The maximum atomic E-state index is 14.3. The normalized spacial score (nSPS) is 10.8. The lowest BCUT2D eigenvalue weighted by molar-refractivity contribution is 0.179. The second-order valence-electron chi connectivity index (χ2n) is 6.89. The number of nitrogens with two attached hydrogens (primary N) is 3. The Balaban J connectivity index is 1.80. The van der Waals surface area contributed by atoms with E-state index in [1.807, 2.05) is 6.07 Å². The summed E-state index contributed by atoms with van der Waals surface area (Å²) in [4.78, 5) is 24.5. The standard InChI is InChI=1S/C21H20FN9O2/c1-33-21(32)31(25)17-18(23)27-20(28-19(17)24)15-10-16(14-8-4-5-9-26-14)30(29-15)11-12-6-2-3-7-13(12)22/h2-10H,11,25H2,1H3,(H4,23,24,27,28). The van der Waals surface area contributed by atoms with E-state index in [1.54, 1.807) is 47.3 Å². The Morgan fingerprint density at radius 1 is 1.09 bits per heavy atom. The monoisotopic (exact) mass is 449 g/mol. The van der Waals surface area contributed by atoms with Gasteiger partial charge in [0.25, 0.3) is 0 Å². The highest BCUT2D eigenvalue weighted by atomic mass is 19.1. The highest BCUT2D eigenvalue weighted by Crippen LogP contribution is 2.30. The Hall–Kier alpha value is -4.58. The number of carbonyl (C=O) groups is 1. The number of aromatic nitrogens is 5. The van der Waals surface area contributed by atoms with Crippen LogP contribution in [0.1, 0.15) is 5.56 Å². The number of methoxy groups -OCH3 is 1. The van der Waals surface area contributed by atoms with E-state index in [0.717, 1.165) is 7.11 Å². The molecular formula is C21H20FN9O2. The Labute approximate surface area is 187 Å². The number of amides is 1. The smallest absolute Gasteiger partial charge is 0.428 e. The number of anilines is 3. The van der Waals surface area contributed by atoms with Crippen molar-refractivity contribution in [1.82, 2.24) is 24.7 Å². The lowest BCUT2D eigenvalue weighted by Gasteiger charge is -2.17. The molecule has 0 spiro atoms. The third kappa shape index (κ3) is 4.27. The molecule has 0 aliphatic carbocycles. The lowest BCUT2D eigenvalue weighted by Crippen LogP contribution is -2.38. The molecule has 0 atom stereocenters. The zero-order chi connectivity index (χ0) is 23.5. The van der Waals surface area contributed by atoms with Gasteiger partial charge < -0.3 is 16.2 Å². The van der Waals surface area contributed by atoms with Crippen LogP contribution >= 0.6 is 0 Å². The number of carbonyl (C=O) groups excluding carboxylic acids is 1. The molecule has 0 fully saturated rings. The van der Waals surface area contributed by atoms with E-state index in [4.69, 9.17) is 17.3 Å². The molecule has 0 unspecified atom stereocenters. The van der Waals surface area contributed by atoms with Crippen LogP contribution in [0.15, 0.2) is 54.7 Å². The molecule has 3 heterocycles. The van der Waals surface area contributed by atoms with Gasteiger partial charge in [0.1, 0.15) is 17.2 Å². The minimum atomic E-state index is -0.892. The molecule has 1 amide bonds. The van der Waals surface area contributed by atoms with Crippen LogP contribution in [-0.2, 0) is 11.3 Å². The van der Waals surface area contributed by atoms with Gasteiger partial charge in [0.15, 0.2) is 17.5 Å². The Morgan fingerprint density at radius 2 is 1.79 bits per heavy atom. The van der Waals surface area contributed by atoms with Gasteiger partial charge in [-0.1, -0.05) is 24.3 Å². The van der Waals surface area contributed by atoms with Crippen LogP contribution in [0.5, 0.6) is 0 Å². The van der Waals surface area contributed by atoms with Crippen molar-refractivity contribution in [2.45, 2.75) is 6.54 Å². The molecule has 0 saturated carbocycles. The predicted octanol–water partition coefficient (Wildman–Crippen LogP) is 2.20. The summed E-state index contributed by atoms with van der Waals surface area (Å²) in [6.45, 7) is 0.139. The Bertz CT molecular complexity index is 1290. The maximum Gasteiger partial charge on any atom is 0.428 e. The van der Waals surface area contributed by atoms with Crippen molar-refractivity contribution >= 4 is 23.4 Å². The zero-order valence-electron chi connectivity index (χ0n) is 17.5. The summed E-state index contributed by atoms with van der Waals surface area (Å²) in [5, 5.41) is 5.15. The SMILES string of the molecule is COC(=O)N(N)c1c(N)nc(-c2cc(-c3ccccn3)n(Cc3ccccc3F)n2)nc1N. The van der Waals surface area contributed by atoms with Gasteiger partial charge in [-0.3, -0.25) is 9.67 Å². The number of ether oxygens (including phenoxy) is 1. The number of halogens is 1. The van der Waals surface area contributed by atoms with E-state index >= 15 is 0 Å². The first-order chi connectivity index (χ1) is 15.9.